The van der Waals surface area contributed by atoms with E-state index in [1.807, 2.05) is 32.9 Å². The Morgan fingerprint density at radius 2 is 1.80 bits per heavy atom. The fourth-order valence-corrected chi connectivity index (χ4v) is 1.98. The maximum atomic E-state index is 12.3. The first-order valence-corrected chi connectivity index (χ1v) is 6.72. The summed E-state index contributed by atoms with van der Waals surface area (Å²) in [6.45, 7) is 5.99. The summed E-state index contributed by atoms with van der Waals surface area (Å²) in [6.07, 6.45) is 4.39. The lowest BCUT2D eigenvalue weighted by molar-refractivity contribution is -0.140. The molecule has 0 bridgehead atoms. The monoisotopic (exact) mass is 278 g/mol. The third-order valence-electron chi connectivity index (χ3n) is 3.04. The Morgan fingerprint density at radius 3 is 2.30 bits per heavy atom. The number of aliphatic carboxylic acids is 1. The van der Waals surface area contributed by atoms with Gasteiger partial charge in [-0.05, 0) is 44.9 Å². The van der Waals surface area contributed by atoms with Crippen molar-refractivity contribution >= 4 is 11.9 Å². The highest BCUT2D eigenvalue weighted by atomic mass is 16.4. The van der Waals surface area contributed by atoms with E-state index in [2.05, 4.69) is 4.98 Å². The van der Waals surface area contributed by atoms with Gasteiger partial charge >= 0.3 is 5.97 Å². The van der Waals surface area contributed by atoms with Crippen LogP contribution in [0.4, 0.5) is 0 Å². The van der Waals surface area contributed by atoms with Crippen LogP contribution in [0.5, 0.6) is 0 Å². The Kier molecular flexibility index (Phi) is 5.67. The maximum Gasteiger partial charge on any atom is 0.305 e. The number of amides is 1. The quantitative estimate of drug-likeness (QED) is 0.865. The number of aryl methyl sites for hydroxylation is 1. The van der Waals surface area contributed by atoms with Crippen LogP contribution in [0.1, 0.15) is 39.2 Å². The Morgan fingerprint density at radius 1 is 1.20 bits per heavy atom. The van der Waals surface area contributed by atoms with Crippen LogP contribution < -0.4 is 0 Å². The SMILES string of the molecule is CC(C)(C)N(CCC(=O)O)C(=O)CCc1ccncc1. The first-order valence-electron chi connectivity index (χ1n) is 6.72. The van der Waals surface area contributed by atoms with Gasteiger partial charge in [-0.1, -0.05) is 0 Å². The van der Waals surface area contributed by atoms with Gasteiger partial charge in [0.2, 0.25) is 5.91 Å². The standard InChI is InChI=1S/C15H22N2O3/c1-15(2,3)17(11-8-14(19)20)13(18)5-4-12-6-9-16-10-7-12/h6-7,9-10H,4-5,8,11H2,1-3H3,(H,19,20). The average molecular weight is 278 g/mol. The summed E-state index contributed by atoms with van der Waals surface area (Å²) in [5.74, 6) is -0.906. The minimum Gasteiger partial charge on any atom is -0.481 e. The molecule has 1 aromatic heterocycles. The number of carbonyl (C=O) groups is 2. The van der Waals surface area contributed by atoms with E-state index in [0.717, 1.165) is 5.56 Å². The summed E-state index contributed by atoms with van der Waals surface area (Å²) in [5.41, 5.74) is 0.686. The minimum absolute atomic E-state index is 0.0180. The molecule has 0 aliphatic carbocycles. The predicted molar refractivity (Wildman–Crippen MR) is 76.3 cm³/mol. The molecule has 1 heterocycles. The normalized spacial score (nSPS) is 11.2. The molecular formula is C15H22N2O3. The van der Waals surface area contributed by atoms with Crippen molar-refractivity contribution in [1.29, 1.82) is 0 Å². The second-order valence-electron chi connectivity index (χ2n) is 5.72. The zero-order valence-electron chi connectivity index (χ0n) is 12.3. The predicted octanol–water partition coefficient (Wildman–Crippen LogP) is 2.12. The topological polar surface area (TPSA) is 70.5 Å². The molecule has 0 unspecified atom stereocenters. The molecule has 110 valence electrons. The van der Waals surface area contributed by atoms with Gasteiger partial charge in [0, 0.05) is 30.9 Å². The van der Waals surface area contributed by atoms with Gasteiger partial charge in [-0.2, -0.15) is 0 Å². The molecule has 5 heteroatoms. The molecule has 0 radical (unpaired) electrons. The lowest BCUT2D eigenvalue weighted by Crippen LogP contribution is -2.46. The summed E-state index contributed by atoms with van der Waals surface area (Å²) in [7, 11) is 0. The van der Waals surface area contributed by atoms with Crippen molar-refractivity contribution in [1.82, 2.24) is 9.88 Å². The van der Waals surface area contributed by atoms with Crippen LogP contribution >= 0.6 is 0 Å². The lowest BCUT2D eigenvalue weighted by Gasteiger charge is -2.35. The molecule has 5 nitrogen and oxygen atoms in total. The highest BCUT2D eigenvalue weighted by Crippen LogP contribution is 2.16. The molecule has 1 N–H and O–H groups in total. The minimum atomic E-state index is -0.888. The van der Waals surface area contributed by atoms with E-state index >= 15 is 0 Å². The molecule has 0 atom stereocenters. The second-order valence-corrected chi connectivity index (χ2v) is 5.72. The molecular weight excluding hydrogens is 256 g/mol. The summed E-state index contributed by atoms with van der Waals surface area (Å²) in [5, 5.41) is 8.77. The lowest BCUT2D eigenvalue weighted by atomic mass is 10.0. The van der Waals surface area contributed by atoms with Crippen molar-refractivity contribution in [2.45, 2.75) is 45.6 Å². The molecule has 0 fully saturated rings. The number of hydrogen-bond acceptors (Lipinski definition) is 3. The zero-order chi connectivity index (χ0) is 15.2. The first kappa shape index (κ1) is 16.1. The molecule has 0 aliphatic heterocycles. The number of carboxylic acid groups (broad SMARTS) is 1. The highest BCUT2D eigenvalue weighted by Gasteiger charge is 2.26. The third kappa shape index (κ3) is 5.38. The molecule has 0 saturated heterocycles. The van der Waals surface area contributed by atoms with Crippen molar-refractivity contribution in [3.8, 4) is 0 Å². The highest BCUT2D eigenvalue weighted by molar-refractivity contribution is 5.78. The second kappa shape index (κ2) is 7.03. The molecule has 1 amide bonds. The van der Waals surface area contributed by atoms with Crippen LogP contribution in [-0.2, 0) is 16.0 Å². The van der Waals surface area contributed by atoms with Crippen LogP contribution in [0.2, 0.25) is 0 Å². The molecule has 0 spiro atoms. The van der Waals surface area contributed by atoms with Crippen LogP contribution in [0.15, 0.2) is 24.5 Å². The smallest absolute Gasteiger partial charge is 0.305 e. The Labute approximate surface area is 119 Å². The van der Waals surface area contributed by atoms with E-state index in [9.17, 15) is 9.59 Å². The maximum absolute atomic E-state index is 12.3. The summed E-state index contributed by atoms with van der Waals surface area (Å²) < 4.78 is 0. The van der Waals surface area contributed by atoms with E-state index in [4.69, 9.17) is 5.11 Å². The Bertz CT molecular complexity index is 452. The van der Waals surface area contributed by atoms with Gasteiger partial charge in [-0.25, -0.2) is 0 Å². The van der Waals surface area contributed by atoms with Crippen LogP contribution in [-0.4, -0.2) is 39.0 Å². The molecule has 0 aliphatic rings. The number of rotatable bonds is 6. The number of carbonyl (C=O) groups excluding carboxylic acids is 1. The van der Waals surface area contributed by atoms with Gasteiger partial charge in [0.15, 0.2) is 0 Å². The largest absolute Gasteiger partial charge is 0.481 e. The average Bonchev–Trinajstić information content (AvgIpc) is 2.35. The molecule has 1 aromatic rings. The fourth-order valence-electron chi connectivity index (χ4n) is 1.98. The van der Waals surface area contributed by atoms with Crippen molar-refractivity contribution in [2.75, 3.05) is 6.54 Å². The van der Waals surface area contributed by atoms with Crippen molar-refractivity contribution in [3.05, 3.63) is 30.1 Å². The first-order chi connectivity index (χ1) is 9.30. The number of pyridine rings is 1. The zero-order valence-corrected chi connectivity index (χ0v) is 12.3. The Balaban J connectivity index is 2.61. The molecule has 20 heavy (non-hydrogen) atoms. The van der Waals surface area contributed by atoms with Gasteiger partial charge in [0.1, 0.15) is 0 Å². The fraction of sp³-hybridized carbons (Fsp3) is 0.533. The Hall–Kier alpha value is -1.91. The van der Waals surface area contributed by atoms with E-state index in [1.54, 1.807) is 17.3 Å². The van der Waals surface area contributed by atoms with Gasteiger partial charge in [0.25, 0.3) is 0 Å². The van der Waals surface area contributed by atoms with Gasteiger partial charge in [-0.3, -0.25) is 14.6 Å². The molecule has 0 saturated carbocycles. The number of hydrogen-bond donors (Lipinski definition) is 1. The number of aromatic nitrogens is 1. The van der Waals surface area contributed by atoms with Gasteiger partial charge in [0.05, 0.1) is 6.42 Å². The van der Waals surface area contributed by atoms with E-state index in [-0.39, 0.29) is 24.4 Å². The van der Waals surface area contributed by atoms with Crippen LogP contribution in [0.25, 0.3) is 0 Å². The molecule has 0 aromatic carbocycles. The number of carboxylic acids is 1. The van der Waals surface area contributed by atoms with Crippen LogP contribution in [0, 0.1) is 0 Å². The summed E-state index contributed by atoms with van der Waals surface area (Å²) >= 11 is 0. The van der Waals surface area contributed by atoms with E-state index in [1.165, 1.54) is 0 Å². The molecule has 1 rings (SSSR count). The van der Waals surface area contributed by atoms with Gasteiger partial charge in [-0.15, -0.1) is 0 Å². The third-order valence-corrected chi connectivity index (χ3v) is 3.04. The summed E-state index contributed by atoms with van der Waals surface area (Å²) in [4.78, 5) is 28.6. The van der Waals surface area contributed by atoms with E-state index < -0.39 is 5.97 Å². The van der Waals surface area contributed by atoms with Gasteiger partial charge < -0.3 is 10.0 Å². The summed E-state index contributed by atoms with van der Waals surface area (Å²) in [6, 6.07) is 3.76. The van der Waals surface area contributed by atoms with Crippen LogP contribution in [0.3, 0.4) is 0 Å². The van der Waals surface area contributed by atoms with Crippen molar-refractivity contribution in [3.63, 3.8) is 0 Å². The van der Waals surface area contributed by atoms with Crippen molar-refractivity contribution in [2.24, 2.45) is 0 Å². The van der Waals surface area contributed by atoms with Crippen molar-refractivity contribution < 1.29 is 14.7 Å². The van der Waals surface area contributed by atoms with E-state index in [0.29, 0.717) is 12.8 Å². The number of nitrogens with zero attached hydrogens (tertiary/aromatic N) is 2.